The van der Waals surface area contributed by atoms with Crippen molar-refractivity contribution in [2.45, 2.75) is 62.9 Å². The Morgan fingerprint density at radius 2 is 1.23 bits per heavy atom. The molecular formula is C19H41IN2O8. The van der Waals surface area contributed by atoms with Crippen molar-refractivity contribution in [3.63, 3.8) is 0 Å². The summed E-state index contributed by atoms with van der Waals surface area (Å²) >= 11 is 0. The van der Waals surface area contributed by atoms with Gasteiger partial charge < -0.3 is 73.6 Å². The van der Waals surface area contributed by atoms with Crippen molar-refractivity contribution in [3.8, 4) is 0 Å². The molecule has 2 heterocycles. The summed E-state index contributed by atoms with van der Waals surface area (Å²) < 4.78 is 21.7. The molecule has 6 unspecified atom stereocenters. The second-order valence-electron chi connectivity index (χ2n) is 8.81. The smallest absolute Gasteiger partial charge is 0.213 e. The molecule has 2 aliphatic rings. The molecule has 0 aromatic carbocycles. The van der Waals surface area contributed by atoms with Crippen LogP contribution in [0.5, 0.6) is 0 Å². The summed E-state index contributed by atoms with van der Waals surface area (Å²) in [4.78, 5) is 0. The number of nitrogens with two attached hydrogens (primary N) is 1. The van der Waals surface area contributed by atoms with Gasteiger partial charge in [0.2, 0.25) is 6.29 Å². The number of halogens is 1. The number of likely N-dealkylation sites (N-methyl/N-ethyl adjacent to an activating group) is 1. The van der Waals surface area contributed by atoms with Gasteiger partial charge in [0, 0.05) is 26.1 Å². The second kappa shape index (κ2) is 13.1. The van der Waals surface area contributed by atoms with Crippen LogP contribution in [0.3, 0.4) is 0 Å². The summed E-state index contributed by atoms with van der Waals surface area (Å²) in [5.74, 6) is -0.273. The first-order chi connectivity index (χ1) is 13.4. The van der Waals surface area contributed by atoms with Crippen LogP contribution in [0.1, 0.15) is 13.8 Å². The van der Waals surface area contributed by atoms with Gasteiger partial charge in [-0.15, -0.1) is 0 Å². The molecule has 0 saturated carbocycles. The molecule has 11 heteroatoms. The van der Waals surface area contributed by atoms with Gasteiger partial charge in [0.15, 0.2) is 12.3 Å². The molecular weight excluding hydrogens is 511 g/mol. The Morgan fingerprint density at radius 1 is 0.833 bits per heavy atom. The minimum absolute atomic E-state index is 0. The fraction of sp³-hybridized carbons (Fsp3) is 1.00. The van der Waals surface area contributed by atoms with Gasteiger partial charge in [-0.25, -0.2) is 0 Å². The second-order valence-corrected chi connectivity index (χ2v) is 8.81. The monoisotopic (exact) mass is 552 g/mol. The minimum atomic E-state index is -0.698. The van der Waals surface area contributed by atoms with E-state index in [0.29, 0.717) is 4.48 Å². The Hall–Kier alpha value is 0.330. The summed E-state index contributed by atoms with van der Waals surface area (Å²) in [6, 6.07) is -0.703. The fourth-order valence-corrected chi connectivity index (χ4v) is 3.84. The lowest BCUT2D eigenvalue weighted by atomic mass is 9.88. The van der Waals surface area contributed by atoms with Crippen LogP contribution in [-0.4, -0.2) is 123 Å². The van der Waals surface area contributed by atoms with E-state index < -0.39 is 36.9 Å². The van der Waals surface area contributed by atoms with E-state index in [0.717, 1.165) is 0 Å². The summed E-state index contributed by atoms with van der Waals surface area (Å²) in [5, 5.41) is 38.1. The predicted molar refractivity (Wildman–Crippen MR) is 106 cm³/mol. The molecule has 2 aliphatic heterocycles. The summed E-state index contributed by atoms with van der Waals surface area (Å²) in [5.41, 5.74) is 5.66. The highest BCUT2D eigenvalue weighted by Gasteiger charge is 2.49. The van der Waals surface area contributed by atoms with Crippen LogP contribution in [0.2, 0.25) is 0 Å². The number of methoxy groups -OCH3 is 2. The standard InChI is InChI=1S/C11H24NO4.C8H17NO4.HI/c1-7-8(6-13)16-11(15-5)9(10(7)14)12(2,3)4;1-4-5(3-10)13-8(12-2)6(9)7(4)11;/h7-11,13-14H,6H2,1-5H3;4-8,10-11H,3,9H2,1-2H3;1H/q+1;;/p-1/t7?,8?,9?,10-,11+;4?,5?,6?,7-,8+;/m00./s1. The zero-order valence-corrected chi connectivity index (χ0v) is 21.2. The van der Waals surface area contributed by atoms with E-state index in [2.05, 4.69) is 0 Å². The molecule has 6 N–H and O–H groups in total. The number of rotatable bonds is 5. The van der Waals surface area contributed by atoms with E-state index >= 15 is 0 Å². The molecule has 0 aliphatic carbocycles. The molecule has 0 aromatic heterocycles. The number of nitrogens with zero attached hydrogens (tertiary/aromatic N) is 1. The number of aliphatic hydroxyl groups excluding tert-OH is 4. The van der Waals surface area contributed by atoms with E-state index in [-0.39, 0.29) is 61.2 Å². The highest BCUT2D eigenvalue weighted by molar-refractivity contribution is 4.89. The molecule has 0 spiro atoms. The van der Waals surface area contributed by atoms with Gasteiger partial charge in [-0.3, -0.25) is 0 Å². The SMILES string of the molecule is CO[C@@H]1OC(CO)C(C)[C@H](O)C1N.CO[C@@H]1OC(CO)C(C)[C@H](O)C1[N+](C)(C)C.[I-]. The summed E-state index contributed by atoms with van der Waals surface area (Å²) in [6.45, 7) is 3.45. The molecule has 0 amide bonds. The first kappa shape index (κ1) is 30.3. The average Bonchev–Trinajstić information content (AvgIpc) is 2.67. The molecule has 10 atom stereocenters. The number of hydrogen-bond donors (Lipinski definition) is 5. The first-order valence-electron chi connectivity index (χ1n) is 9.95. The lowest BCUT2D eigenvalue weighted by Crippen LogP contribution is -3.00. The molecule has 2 fully saturated rings. The van der Waals surface area contributed by atoms with E-state index in [9.17, 15) is 15.3 Å². The van der Waals surface area contributed by atoms with Crippen molar-refractivity contribution in [3.05, 3.63) is 0 Å². The van der Waals surface area contributed by atoms with Gasteiger partial charge in [0.25, 0.3) is 0 Å². The Labute approximate surface area is 196 Å². The molecule has 2 saturated heterocycles. The maximum atomic E-state index is 10.3. The topological polar surface area (TPSA) is 144 Å². The van der Waals surface area contributed by atoms with Crippen molar-refractivity contribution in [2.24, 2.45) is 17.6 Å². The molecule has 0 aromatic rings. The third-order valence-corrected chi connectivity index (χ3v) is 5.92. The zero-order valence-electron chi connectivity index (χ0n) is 19.0. The van der Waals surface area contributed by atoms with Gasteiger partial charge in [-0.05, 0) is 0 Å². The van der Waals surface area contributed by atoms with Gasteiger partial charge in [-0.2, -0.15) is 0 Å². The largest absolute Gasteiger partial charge is 1.00 e. The molecule has 0 radical (unpaired) electrons. The van der Waals surface area contributed by atoms with E-state index in [1.54, 1.807) is 14.0 Å². The number of ether oxygens (including phenoxy) is 4. The van der Waals surface area contributed by atoms with Crippen LogP contribution >= 0.6 is 0 Å². The van der Waals surface area contributed by atoms with Crippen molar-refractivity contribution in [2.75, 3.05) is 48.6 Å². The van der Waals surface area contributed by atoms with Crippen molar-refractivity contribution >= 4 is 0 Å². The van der Waals surface area contributed by atoms with Gasteiger partial charge in [0.1, 0.15) is 6.10 Å². The molecule has 0 bridgehead atoms. The highest BCUT2D eigenvalue weighted by Crippen LogP contribution is 2.30. The summed E-state index contributed by atoms with van der Waals surface area (Å²) in [6.07, 6.45) is -3.12. The van der Waals surface area contributed by atoms with Crippen molar-refractivity contribution in [1.82, 2.24) is 0 Å². The minimum Gasteiger partial charge on any atom is -1.00 e. The maximum absolute atomic E-state index is 10.3. The average molecular weight is 552 g/mol. The Morgan fingerprint density at radius 3 is 1.60 bits per heavy atom. The molecule has 30 heavy (non-hydrogen) atoms. The van der Waals surface area contributed by atoms with Gasteiger partial charge in [0.05, 0.1) is 58.7 Å². The van der Waals surface area contributed by atoms with Crippen LogP contribution in [0.15, 0.2) is 0 Å². The maximum Gasteiger partial charge on any atom is 0.213 e. The summed E-state index contributed by atoms with van der Waals surface area (Å²) in [7, 11) is 9.01. The lowest BCUT2D eigenvalue weighted by Gasteiger charge is -2.47. The van der Waals surface area contributed by atoms with Crippen LogP contribution in [-0.2, 0) is 18.9 Å². The van der Waals surface area contributed by atoms with Gasteiger partial charge >= 0.3 is 0 Å². The van der Waals surface area contributed by atoms with Crippen molar-refractivity contribution < 1.29 is 67.8 Å². The van der Waals surface area contributed by atoms with Crippen LogP contribution in [0.4, 0.5) is 0 Å². The molecule has 10 nitrogen and oxygen atoms in total. The number of aliphatic hydroxyl groups is 4. The normalized spacial score (nSPS) is 42.0. The third-order valence-electron chi connectivity index (χ3n) is 5.92. The van der Waals surface area contributed by atoms with Crippen LogP contribution in [0.25, 0.3) is 0 Å². The zero-order chi connectivity index (χ0) is 22.5. The number of quaternary nitrogens is 1. The molecule has 182 valence electrons. The highest BCUT2D eigenvalue weighted by atomic mass is 127. The third kappa shape index (κ3) is 7.17. The Balaban J connectivity index is 0.000000553. The first-order valence-corrected chi connectivity index (χ1v) is 9.95. The molecule has 2 rings (SSSR count). The van der Waals surface area contributed by atoms with E-state index in [1.807, 2.05) is 28.1 Å². The fourth-order valence-electron chi connectivity index (χ4n) is 3.84. The van der Waals surface area contributed by atoms with Crippen molar-refractivity contribution in [1.29, 1.82) is 0 Å². The van der Waals surface area contributed by atoms with Crippen LogP contribution < -0.4 is 29.7 Å². The van der Waals surface area contributed by atoms with Crippen LogP contribution in [0, 0.1) is 11.8 Å². The predicted octanol–water partition coefficient (Wildman–Crippen LogP) is -4.90. The van der Waals surface area contributed by atoms with E-state index in [1.165, 1.54) is 7.11 Å². The lowest BCUT2D eigenvalue weighted by molar-refractivity contribution is -0.909. The van der Waals surface area contributed by atoms with Gasteiger partial charge in [-0.1, -0.05) is 13.8 Å². The Kier molecular flexibility index (Phi) is 13.3. The quantitative estimate of drug-likeness (QED) is 0.168. The number of hydrogen-bond acceptors (Lipinski definition) is 9. The van der Waals surface area contributed by atoms with E-state index in [4.69, 9.17) is 29.8 Å². The Bertz CT molecular complexity index is 462.